The van der Waals surface area contributed by atoms with Crippen molar-refractivity contribution in [3.63, 3.8) is 0 Å². The maximum atomic E-state index is 3.66. The van der Waals surface area contributed by atoms with E-state index in [1.165, 1.54) is 38.5 Å². The molecule has 0 amide bonds. The SMILES string of the molecule is C=CCCCCCC.CCC. The first-order chi connectivity index (χ1) is 5.33. The van der Waals surface area contributed by atoms with Gasteiger partial charge >= 0.3 is 0 Å². The molecule has 0 aromatic carbocycles. The summed E-state index contributed by atoms with van der Waals surface area (Å²) in [6.45, 7) is 10.1. The molecule has 11 heavy (non-hydrogen) atoms. The Labute approximate surface area is 72.7 Å². The van der Waals surface area contributed by atoms with Gasteiger partial charge in [0.15, 0.2) is 0 Å². The summed E-state index contributed by atoms with van der Waals surface area (Å²) in [5.74, 6) is 0. The van der Waals surface area contributed by atoms with Gasteiger partial charge in [0.05, 0.1) is 0 Å². The Bertz CT molecular complexity index is 55.1. The fourth-order valence-electron chi connectivity index (χ4n) is 0.715. The third-order valence-corrected chi connectivity index (χ3v) is 1.26. The van der Waals surface area contributed by atoms with E-state index >= 15 is 0 Å². The largest absolute Gasteiger partial charge is 0.103 e. The molecule has 0 heteroatoms. The van der Waals surface area contributed by atoms with Gasteiger partial charge in [-0.3, -0.25) is 0 Å². The van der Waals surface area contributed by atoms with Gasteiger partial charge in [0.25, 0.3) is 0 Å². The predicted octanol–water partition coefficient (Wildman–Crippen LogP) is 4.56. The van der Waals surface area contributed by atoms with Gasteiger partial charge in [0, 0.05) is 0 Å². The van der Waals surface area contributed by atoms with Crippen LogP contribution in [0.25, 0.3) is 0 Å². The van der Waals surface area contributed by atoms with Crippen molar-refractivity contribution in [2.24, 2.45) is 0 Å². The van der Waals surface area contributed by atoms with E-state index in [9.17, 15) is 0 Å². The summed E-state index contributed by atoms with van der Waals surface area (Å²) in [6.07, 6.45) is 9.86. The van der Waals surface area contributed by atoms with Crippen LogP contribution in [0.15, 0.2) is 12.7 Å². The first-order valence-electron chi connectivity index (χ1n) is 4.94. The van der Waals surface area contributed by atoms with E-state index in [4.69, 9.17) is 0 Å². The molecule has 0 saturated carbocycles. The molecule has 0 aliphatic heterocycles. The van der Waals surface area contributed by atoms with Crippen LogP contribution in [0.4, 0.5) is 0 Å². The average molecular weight is 156 g/mol. The molecule has 0 aromatic rings. The van der Waals surface area contributed by atoms with E-state index in [0.29, 0.717) is 0 Å². The average Bonchev–Trinajstić information content (AvgIpc) is 2.00. The van der Waals surface area contributed by atoms with E-state index in [1.807, 2.05) is 6.08 Å². The van der Waals surface area contributed by atoms with E-state index in [-0.39, 0.29) is 0 Å². The van der Waals surface area contributed by atoms with E-state index in [0.717, 1.165) is 0 Å². The Hall–Kier alpha value is -0.260. The quantitative estimate of drug-likeness (QED) is 0.404. The number of rotatable bonds is 5. The second-order valence-corrected chi connectivity index (χ2v) is 2.85. The van der Waals surface area contributed by atoms with Gasteiger partial charge in [-0.15, -0.1) is 6.58 Å². The van der Waals surface area contributed by atoms with Crippen LogP contribution in [0.1, 0.15) is 59.3 Å². The Morgan fingerprint density at radius 1 is 1.00 bits per heavy atom. The second-order valence-electron chi connectivity index (χ2n) is 2.85. The number of allylic oxidation sites excluding steroid dienone is 1. The zero-order chi connectivity index (χ0) is 8.95. The lowest BCUT2D eigenvalue weighted by Gasteiger charge is -1.91. The highest BCUT2D eigenvalue weighted by Gasteiger charge is 1.81. The monoisotopic (exact) mass is 156 g/mol. The topological polar surface area (TPSA) is 0 Å². The van der Waals surface area contributed by atoms with Gasteiger partial charge in [0.2, 0.25) is 0 Å². The van der Waals surface area contributed by atoms with E-state index in [2.05, 4.69) is 27.4 Å². The molecule has 0 rings (SSSR count). The van der Waals surface area contributed by atoms with Gasteiger partial charge in [-0.25, -0.2) is 0 Å². The minimum atomic E-state index is 1.19. The smallest absolute Gasteiger partial charge is 0.0353 e. The zero-order valence-corrected chi connectivity index (χ0v) is 8.53. The summed E-state index contributed by atoms with van der Waals surface area (Å²) in [7, 11) is 0. The van der Waals surface area contributed by atoms with Crippen LogP contribution in [0.2, 0.25) is 0 Å². The minimum absolute atomic E-state index is 1.19. The van der Waals surface area contributed by atoms with Crippen molar-refractivity contribution < 1.29 is 0 Å². The molecule has 0 radical (unpaired) electrons. The first kappa shape index (κ1) is 13.3. The van der Waals surface area contributed by atoms with Gasteiger partial charge in [0.1, 0.15) is 0 Å². The van der Waals surface area contributed by atoms with Crippen LogP contribution in [-0.2, 0) is 0 Å². The van der Waals surface area contributed by atoms with Crippen LogP contribution < -0.4 is 0 Å². The molecule has 0 aliphatic rings. The van der Waals surface area contributed by atoms with Crippen molar-refractivity contribution in [1.29, 1.82) is 0 Å². The maximum Gasteiger partial charge on any atom is -0.0353 e. The Kier molecular flexibility index (Phi) is 19.9. The summed E-state index contributed by atoms with van der Waals surface area (Å²) in [6, 6.07) is 0. The van der Waals surface area contributed by atoms with Gasteiger partial charge < -0.3 is 0 Å². The summed E-state index contributed by atoms with van der Waals surface area (Å²) in [4.78, 5) is 0. The summed E-state index contributed by atoms with van der Waals surface area (Å²) in [5, 5.41) is 0. The lowest BCUT2D eigenvalue weighted by Crippen LogP contribution is -1.71. The summed E-state index contributed by atoms with van der Waals surface area (Å²) < 4.78 is 0. The first-order valence-corrected chi connectivity index (χ1v) is 4.94. The molecule has 0 unspecified atom stereocenters. The van der Waals surface area contributed by atoms with Gasteiger partial charge in [-0.1, -0.05) is 52.5 Å². The lowest BCUT2D eigenvalue weighted by atomic mass is 10.2. The van der Waals surface area contributed by atoms with Crippen molar-refractivity contribution in [3.8, 4) is 0 Å². The Morgan fingerprint density at radius 3 is 1.91 bits per heavy atom. The number of hydrogen-bond acceptors (Lipinski definition) is 0. The molecule has 0 aliphatic carbocycles. The third kappa shape index (κ3) is 26.0. The van der Waals surface area contributed by atoms with Gasteiger partial charge in [-0.2, -0.15) is 0 Å². The van der Waals surface area contributed by atoms with Crippen molar-refractivity contribution in [3.05, 3.63) is 12.7 Å². The zero-order valence-electron chi connectivity index (χ0n) is 8.53. The molecule has 0 atom stereocenters. The Morgan fingerprint density at radius 2 is 1.55 bits per heavy atom. The minimum Gasteiger partial charge on any atom is -0.103 e. The molecular weight excluding hydrogens is 132 g/mol. The molecule has 0 spiro atoms. The predicted molar refractivity (Wildman–Crippen MR) is 54.9 cm³/mol. The molecule has 0 aromatic heterocycles. The van der Waals surface area contributed by atoms with Crippen molar-refractivity contribution >= 4 is 0 Å². The molecule has 0 saturated heterocycles. The van der Waals surface area contributed by atoms with E-state index in [1.54, 1.807) is 0 Å². The van der Waals surface area contributed by atoms with Crippen LogP contribution in [0, 0.1) is 0 Å². The Balaban J connectivity index is 0. The summed E-state index contributed by atoms with van der Waals surface area (Å²) >= 11 is 0. The van der Waals surface area contributed by atoms with Crippen LogP contribution >= 0.6 is 0 Å². The maximum absolute atomic E-state index is 3.66. The molecule has 0 bridgehead atoms. The molecular formula is C11H24. The number of hydrogen-bond donors (Lipinski definition) is 0. The van der Waals surface area contributed by atoms with Crippen molar-refractivity contribution in [1.82, 2.24) is 0 Å². The highest BCUT2D eigenvalue weighted by Crippen LogP contribution is 2.01. The van der Waals surface area contributed by atoms with Gasteiger partial charge in [-0.05, 0) is 12.8 Å². The molecule has 68 valence electrons. The molecule has 0 heterocycles. The van der Waals surface area contributed by atoms with Crippen LogP contribution in [0.3, 0.4) is 0 Å². The lowest BCUT2D eigenvalue weighted by molar-refractivity contribution is 0.675. The standard InChI is InChI=1S/C8H16.C3H8/c1-3-5-7-8-6-4-2;1-3-2/h3H,1,4-8H2,2H3;3H2,1-2H3. The highest BCUT2D eigenvalue weighted by molar-refractivity contribution is 4.64. The normalized spacial score (nSPS) is 8.27. The molecule has 0 nitrogen and oxygen atoms in total. The molecule has 0 fully saturated rings. The molecule has 0 N–H and O–H groups in total. The third-order valence-electron chi connectivity index (χ3n) is 1.26. The highest BCUT2D eigenvalue weighted by atomic mass is 13.9. The van der Waals surface area contributed by atoms with Crippen molar-refractivity contribution in [2.75, 3.05) is 0 Å². The fourth-order valence-corrected chi connectivity index (χ4v) is 0.715. The summed E-state index contributed by atoms with van der Waals surface area (Å²) in [5.41, 5.74) is 0. The van der Waals surface area contributed by atoms with Crippen LogP contribution in [-0.4, -0.2) is 0 Å². The van der Waals surface area contributed by atoms with Crippen molar-refractivity contribution in [2.45, 2.75) is 59.3 Å². The second kappa shape index (κ2) is 16.4. The van der Waals surface area contributed by atoms with E-state index < -0.39 is 0 Å². The number of unbranched alkanes of at least 4 members (excludes halogenated alkanes) is 4. The fraction of sp³-hybridized carbons (Fsp3) is 0.818. The van der Waals surface area contributed by atoms with Crippen LogP contribution in [0.5, 0.6) is 0 Å².